The van der Waals surface area contributed by atoms with Crippen LogP contribution in [0.3, 0.4) is 0 Å². The summed E-state index contributed by atoms with van der Waals surface area (Å²) in [5, 5.41) is 19.1. The maximum atomic E-state index is 13.1. The molecule has 7 nitrogen and oxygen atoms in total. The Kier molecular flexibility index (Phi) is 4.27. The molecule has 0 amide bonds. The van der Waals surface area contributed by atoms with Gasteiger partial charge in [0.25, 0.3) is 0 Å². The predicted octanol–water partition coefficient (Wildman–Crippen LogP) is -0.823. The maximum Gasteiger partial charge on any atom is 0.351 e. The molecule has 2 heterocycles. The van der Waals surface area contributed by atoms with Crippen LogP contribution < -0.4 is 11.4 Å². The van der Waals surface area contributed by atoms with Gasteiger partial charge in [-0.25, -0.2) is 9.18 Å². The topological polar surface area (TPSA) is 111 Å². The van der Waals surface area contributed by atoms with Crippen molar-refractivity contribution in [1.82, 2.24) is 9.55 Å². The van der Waals surface area contributed by atoms with Crippen molar-refractivity contribution >= 4 is 5.82 Å². The Labute approximate surface area is 120 Å². The summed E-state index contributed by atoms with van der Waals surface area (Å²) in [6.07, 6.45) is -0.872. The lowest BCUT2D eigenvalue weighted by atomic mass is 10.00. The summed E-state index contributed by atoms with van der Waals surface area (Å²) in [6, 6.07) is 0. The monoisotopic (exact) mass is 297 g/mol. The molecule has 1 aromatic rings. The van der Waals surface area contributed by atoms with Crippen LogP contribution in [0.4, 0.5) is 10.2 Å². The number of hydrogen-bond acceptors (Lipinski definition) is 6. The molecule has 3 atom stereocenters. The lowest BCUT2D eigenvalue weighted by Gasteiger charge is -2.26. The van der Waals surface area contributed by atoms with Crippen molar-refractivity contribution in [2.75, 3.05) is 19.0 Å². The fraction of sp³-hybridized carbons (Fsp3) is 0.538. The second-order valence-electron chi connectivity index (χ2n) is 4.79. The van der Waals surface area contributed by atoms with E-state index in [0.29, 0.717) is 5.56 Å². The summed E-state index contributed by atoms with van der Waals surface area (Å²) in [5.74, 6) is 5.31. The summed E-state index contributed by atoms with van der Waals surface area (Å²) < 4.78 is 19.5. The molecular weight excluding hydrogens is 281 g/mol. The molecule has 0 bridgehead atoms. The van der Waals surface area contributed by atoms with Gasteiger partial charge in [0.15, 0.2) is 0 Å². The van der Waals surface area contributed by atoms with Gasteiger partial charge < -0.3 is 20.7 Å². The third-order valence-electron chi connectivity index (χ3n) is 3.45. The van der Waals surface area contributed by atoms with Crippen molar-refractivity contribution in [3.05, 3.63) is 22.2 Å². The minimum atomic E-state index is -1.72. The highest BCUT2D eigenvalue weighted by molar-refractivity contribution is 5.48. The number of alkyl halides is 1. The van der Waals surface area contributed by atoms with Gasteiger partial charge in [-0.3, -0.25) is 4.57 Å². The highest BCUT2D eigenvalue weighted by Gasteiger charge is 2.49. The van der Waals surface area contributed by atoms with Crippen LogP contribution in [0, 0.1) is 11.8 Å². The summed E-state index contributed by atoms with van der Waals surface area (Å²) in [5.41, 5.74) is 3.51. The van der Waals surface area contributed by atoms with Gasteiger partial charge in [-0.2, -0.15) is 4.98 Å². The number of aliphatic hydroxyl groups excluding tert-OH is 2. The molecule has 0 spiro atoms. The zero-order valence-corrected chi connectivity index (χ0v) is 11.4. The number of aliphatic hydroxyl groups is 2. The highest BCUT2D eigenvalue weighted by Crippen LogP contribution is 2.36. The molecule has 1 aliphatic heterocycles. The molecule has 114 valence electrons. The largest absolute Gasteiger partial charge is 0.393 e. The number of nitrogen functional groups attached to an aromatic ring is 1. The standard InChI is InChI=1S/C13H16FN3O4/c1-2-3-8-5-17(12(20)16-11(8)15)10-4-9(19)13(6-14,7-18)21-10/h5,9-10,18-19H,4,6-7H2,1H3,(H2,15,16,20)/t9-,10+,13+/m0/s1. The number of anilines is 1. The average Bonchev–Trinajstić information content (AvgIpc) is 2.79. The first-order chi connectivity index (χ1) is 9.97. The minimum absolute atomic E-state index is 0.0111. The SMILES string of the molecule is CC#Cc1cn([C@H]2C[C@H](O)[C@](CO)(CF)O2)c(=O)nc1N. The van der Waals surface area contributed by atoms with E-state index in [4.69, 9.17) is 10.5 Å². The Bertz CT molecular complexity index is 645. The van der Waals surface area contributed by atoms with Gasteiger partial charge in [0.05, 0.1) is 18.3 Å². The molecule has 0 aromatic carbocycles. The molecule has 21 heavy (non-hydrogen) atoms. The van der Waals surface area contributed by atoms with E-state index in [0.717, 1.165) is 4.57 Å². The molecule has 0 radical (unpaired) electrons. The molecule has 1 fully saturated rings. The molecule has 1 aliphatic rings. The summed E-state index contributed by atoms with van der Waals surface area (Å²) in [6.45, 7) is -0.162. The van der Waals surface area contributed by atoms with Crippen molar-refractivity contribution in [2.24, 2.45) is 0 Å². The average molecular weight is 297 g/mol. The van der Waals surface area contributed by atoms with E-state index in [1.165, 1.54) is 6.20 Å². The van der Waals surface area contributed by atoms with Gasteiger partial charge in [-0.15, -0.1) is 5.92 Å². The van der Waals surface area contributed by atoms with Gasteiger partial charge >= 0.3 is 5.69 Å². The van der Waals surface area contributed by atoms with Crippen LogP contribution in [-0.2, 0) is 4.74 Å². The third-order valence-corrected chi connectivity index (χ3v) is 3.45. The molecule has 1 aromatic heterocycles. The Morgan fingerprint density at radius 2 is 2.43 bits per heavy atom. The first kappa shape index (κ1) is 15.4. The number of rotatable bonds is 3. The zero-order valence-electron chi connectivity index (χ0n) is 11.4. The fourth-order valence-corrected chi connectivity index (χ4v) is 2.20. The third kappa shape index (κ3) is 2.63. The summed E-state index contributed by atoms with van der Waals surface area (Å²) >= 11 is 0. The van der Waals surface area contributed by atoms with Crippen molar-refractivity contribution < 1.29 is 19.3 Å². The van der Waals surface area contributed by atoms with E-state index in [2.05, 4.69) is 16.8 Å². The Morgan fingerprint density at radius 1 is 1.71 bits per heavy atom. The van der Waals surface area contributed by atoms with E-state index < -0.39 is 36.9 Å². The quantitative estimate of drug-likeness (QED) is 0.629. The van der Waals surface area contributed by atoms with Gasteiger partial charge in [-0.05, 0) is 6.92 Å². The second kappa shape index (κ2) is 5.81. The molecule has 2 rings (SSSR count). The number of halogens is 1. The van der Waals surface area contributed by atoms with Crippen LogP contribution in [0.5, 0.6) is 0 Å². The lowest BCUT2D eigenvalue weighted by Crippen LogP contribution is -2.45. The van der Waals surface area contributed by atoms with Crippen LogP contribution in [0.25, 0.3) is 0 Å². The first-order valence-electron chi connectivity index (χ1n) is 6.31. The van der Waals surface area contributed by atoms with Crippen LogP contribution in [0.15, 0.2) is 11.0 Å². The summed E-state index contributed by atoms with van der Waals surface area (Å²) in [4.78, 5) is 15.5. The second-order valence-corrected chi connectivity index (χ2v) is 4.79. The van der Waals surface area contributed by atoms with Gasteiger partial charge in [0.2, 0.25) is 0 Å². The van der Waals surface area contributed by atoms with Gasteiger partial charge in [0.1, 0.15) is 24.3 Å². The normalized spacial score (nSPS) is 28.2. The molecule has 0 unspecified atom stereocenters. The maximum absolute atomic E-state index is 13.1. The zero-order chi connectivity index (χ0) is 15.6. The molecule has 4 N–H and O–H groups in total. The number of ether oxygens (including phenoxy) is 1. The molecule has 8 heteroatoms. The predicted molar refractivity (Wildman–Crippen MR) is 72.0 cm³/mol. The van der Waals surface area contributed by atoms with E-state index in [1.807, 2.05) is 0 Å². The van der Waals surface area contributed by atoms with Crippen LogP contribution in [-0.4, -0.2) is 44.8 Å². The van der Waals surface area contributed by atoms with Crippen molar-refractivity contribution in [2.45, 2.75) is 31.3 Å². The van der Waals surface area contributed by atoms with E-state index in [9.17, 15) is 19.4 Å². The smallest absolute Gasteiger partial charge is 0.351 e. The van der Waals surface area contributed by atoms with Gasteiger partial charge in [-0.1, -0.05) is 5.92 Å². The number of aromatic nitrogens is 2. The van der Waals surface area contributed by atoms with E-state index in [1.54, 1.807) is 6.92 Å². The Hall–Kier alpha value is -1.95. The minimum Gasteiger partial charge on any atom is -0.393 e. The van der Waals surface area contributed by atoms with Crippen LogP contribution in [0.2, 0.25) is 0 Å². The van der Waals surface area contributed by atoms with E-state index in [-0.39, 0.29) is 12.2 Å². The molecule has 1 saturated heterocycles. The van der Waals surface area contributed by atoms with Crippen molar-refractivity contribution in [3.63, 3.8) is 0 Å². The van der Waals surface area contributed by atoms with Gasteiger partial charge in [0, 0.05) is 12.6 Å². The van der Waals surface area contributed by atoms with Crippen LogP contribution in [0.1, 0.15) is 25.1 Å². The molecular formula is C13H16FN3O4. The highest BCUT2D eigenvalue weighted by atomic mass is 19.1. The van der Waals surface area contributed by atoms with Crippen molar-refractivity contribution in [1.29, 1.82) is 0 Å². The number of nitrogens with zero attached hydrogens (tertiary/aromatic N) is 2. The Morgan fingerprint density at radius 3 is 2.95 bits per heavy atom. The number of nitrogens with two attached hydrogens (primary N) is 1. The fourth-order valence-electron chi connectivity index (χ4n) is 2.20. The van der Waals surface area contributed by atoms with Crippen molar-refractivity contribution in [3.8, 4) is 11.8 Å². The lowest BCUT2D eigenvalue weighted by molar-refractivity contribution is -0.137. The van der Waals surface area contributed by atoms with Crippen LogP contribution >= 0.6 is 0 Å². The first-order valence-corrected chi connectivity index (χ1v) is 6.31. The Balaban J connectivity index is 2.41. The molecule has 0 aliphatic carbocycles. The number of hydrogen-bond donors (Lipinski definition) is 3. The van der Waals surface area contributed by atoms with E-state index >= 15 is 0 Å². The molecule has 0 saturated carbocycles. The summed E-state index contributed by atoms with van der Waals surface area (Å²) in [7, 11) is 0.